The molecule has 1 N–H and O–H groups in total. The maximum absolute atomic E-state index is 5.87. The van der Waals surface area contributed by atoms with Gasteiger partial charge in [0.2, 0.25) is 0 Å². The van der Waals surface area contributed by atoms with E-state index < -0.39 is 0 Å². The highest BCUT2D eigenvalue weighted by atomic mass is 35.5. The van der Waals surface area contributed by atoms with Crippen molar-refractivity contribution in [1.82, 2.24) is 10.2 Å². The molecular weight excluding hydrogens is 280 g/mol. The average Bonchev–Trinajstić information content (AvgIpc) is 2.51. The molecule has 0 spiro atoms. The maximum Gasteiger partial charge on any atom is 0.0265 e. The fourth-order valence-electron chi connectivity index (χ4n) is 3.11. The second-order valence-electron chi connectivity index (χ2n) is 6.12. The number of nitrogens with one attached hydrogen (secondary N) is 1. The summed E-state index contributed by atoms with van der Waals surface area (Å²) in [6.45, 7) is 7.53. The van der Waals surface area contributed by atoms with E-state index in [1.54, 1.807) is 5.54 Å². The summed E-state index contributed by atoms with van der Waals surface area (Å²) in [6, 6.07) is 11.9. The second-order valence-corrected chi connectivity index (χ2v) is 6.34. The first-order valence-corrected chi connectivity index (χ1v) is 8.43. The molecule has 1 aromatic rings. The molecule has 1 saturated heterocycles. The Hall–Kier alpha value is -0.830. The van der Waals surface area contributed by atoms with Crippen molar-refractivity contribution < 1.29 is 0 Å². The Balaban J connectivity index is 2.03. The molecule has 1 heterocycles. The van der Waals surface area contributed by atoms with Crippen molar-refractivity contribution in [2.75, 3.05) is 19.6 Å². The van der Waals surface area contributed by atoms with Crippen molar-refractivity contribution >= 4 is 11.6 Å². The lowest BCUT2D eigenvalue weighted by molar-refractivity contribution is 0.137. The lowest BCUT2D eigenvalue weighted by atomic mass is 9.99. The molecule has 2 unspecified atom stereocenters. The van der Waals surface area contributed by atoms with Crippen molar-refractivity contribution in [1.29, 1.82) is 0 Å². The van der Waals surface area contributed by atoms with Crippen LogP contribution in [0.25, 0.3) is 0 Å². The molecule has 2 rings (SSSR count). The van der Waals surface area contributed by atoms with Crippen LogP contribution in [0.15, 0.2) is 41.4 Å². The zero-order valence-electron chi connectivity index (χ0n) is 13.2. The van der Waals surface area contributed by atoms with Crippen LogP contribution in [-0.2, 0) is 6.42 Å². The Labute approximate surface area is 134 Å². The number of piperazine rings is 1. The predicted molar refractivity (Wildman–Crippen MR) is 91.8 cm³/mol. The summed E-state index contributed by atoms with van der Waals surface area (Å²) in [4.78, 5) is 2.60. The van der Waals surface area contributed by atoms with Gasteiger partial charge in [-0.3, -0.25) is 4.90 Å². The molecule has 2 nitrogen and oxygen atoms in total. The Morgan fingerprint density at radius 1 is 1.38 bits per heavy atom. The van der Waals surface area contributed by atoms with Crippen LogP contribution in [0.4, 0.5) is 0 Å². The van der Waals surface area contributed by atoms with Crippen LogP contribution in [0.5, 0.6) is 0 Å². The molecule has 1 aliphatic heterocycles. The quantitative estimate of drug-likeness (QED) is 0.859. The van der Waals surface area contributed by atoms with Crippen molar-refractivity contribution in [3.8, 4) is 0 Å². The van der Waals surface area contributed by atoms with E-state index in [0.29, 0.717) is 12.1 Å². The van der Waals surface area contributed by atoms with Crippen molar-refractivity contribution in [3.05, 3.63) is 47.0 Å². The molecule has 1 fully saturated rings. The molecule has 0 saturated carbocycles. The minimum absolute atomic E-state index is 0.548. The molecular formula is C18H27ClN2. The molecule has 116 valence electrons. The van der Waals surface area contributed by atoms with Gasteiger partial charge in [-0.1, -0.05) is 55.3 Å². The zero-order valence-corrected chi connectivity index (χ0v) is 13.9. The van der Waals surface area contributed by atoms with Crippen LogP contribution in [0.2, 0.25) is 0 Å². The normalized spacial score (nSPS) is 24.2. The smallest absolute Gasteiger partial charge is 0.0265 e. The monoisotopic (exact) mass is 306 g/mol. The minimum atomic E-state index is 0.548. The summed E-state index contributed by atoms with van der Waals surface area (Å²) in [7, 11) is 0. The topological polar surface area (TPSA) is 15.3 Å². The number of benzene rings is 1. The van der Waals surface area contributed by atoms with Gasteiger partial charge in [0.05, 0.1) is 0 Å². The van der Waals surface area contributed by atoms with Gasteiger partial charge in [-0.25, -0.2) is 0 Å². The molecule has 0 aromatic heterocycles. The van der Waals surface area contributed by atoms with Crippen LogP contribution in [-0.4, -0.2) is 36.6 Å². The number of halogens is 1. The SMILES string of the molecule is CCCC1CN(C/C(C)=C/Cl)C(Cc2ccccc2)CN1. The predicted octanol–water partition coefficient (Wildman–Crippen LogP) is 3.81. The zero-order chi connectivity index (χ0) is 15.1. The lowest BCUT2D eigenvalue weighted by Crippen LogP contribution is -2.57. The number of rotatable bonds is 6. The second kappa shape index (κ2) is 8.57. The van der Waals surface area contributed by atoms with Gasteiger partial charge in [-0.2, -0.15) is 0 Å². The first kappa shape index (κ1) is 16.5. The van der Waals surface area contributed by atoms with E-state index in [-0.39, 0.29) is 0 Å². The number of hydrogen-bond donors (Lipinski definition) is 1. The molecule has 1 aliphatic rings. The van der Waals surface area contributed by atoms with Gasteiger partial charge in [0.1, 0.15) is 0 Å². The average molecular weight is 307 g/mol. The van der Waals surface area contributed by atoms with Crippen LogP contribution < -0.4 is 5.32 Å². The summed E-state index contributed by atoms with van der Waals surface area (Å²) >= 11 is 5.87. The molecule has 1 aromatic carbocycles. The lowest BCUT2D eigenvalue weighted by Gasteiger charge is -2.41. The van der Waals surface area contributed by atoms with Gasteiger partial charge in [0, 0.05) is 37.3 Å². The largest absolute Gasteiger partial charge is 0.311 e. The van der Waals surface area contributed by atoms with Gasteiger partial charge in [0.25, 0.3) is 0 Å². The van der Waals surface area contributed by atoms with E-state index >= 15 is 0 Å². The summed E-state index contributed by atoms with van der Waals surface area (Å²) < 4.78 is 0. The Morgan fingerprint density at radius 2 is 2.14 bits per heavy atom. The standard InChI is InChI=1S/C18H27ClN2/c1-3-7-17-14-21(13-15(2)11-19)18(12-20-17)10-16-8-5-4-6-9-16/h4-6,8-9,11,17-18,20H,3,7,10,12-14H2,1-2H3/b15-11+. The fraction of sp³-hybridized carbons (Fsp3) is 0.556. The molecule has 0 aliphatic carbocycles. The summed E-state index contributed by atoms with van der Waals surface area (Å²) in [5, 5.41) is 3.72. The van der Waals surface area contributed by atoms with E-state index in [9.17, 15) is 0 Å². The fourth-order valence-corrected chi connectivity index (χ4v) is 3.18. The van der Waals surface area contributed by atoms with Gasteiger partial charge in [-0.15, -0.1) is 0 Å². The Kier molecular flexibility index (Phi) is 6.75. The molecule has 2 atom stereocenters. The van der Waals surface area contributed by atoms with Gasteiger partial charge in [0.15, 0.2) is 0 Å². The Bertz CT molecular complexity index is 444. The first-order valence-electron chi connectivity index (χ1n) is 8.00. The number of hydrogen-bond acceptors (Lipinski definition) is 2. The van der Waals surface area contributed by atoms with E-state index in [0.717, 1.165) is 26.1 Å². The molecule has 0 radical (unpaired) electrons. The van der Waals surface area contributed by atoms with Gasteiger partial charge >= 0.3 is 0 Å². The van der Waals surface area contributed by atoms with E-state index in [4.69, 9.17) is 11.6 Å². The van der Waals surface area contributed by atoms with Crippen LogP contribution >= 0.6 is 11.6 Å². The third kappa shape index (κ3) is 5.14. The van der Waals surface area contributed by atoms with Crippen LogP contribution in [0, 0.1) is 0 Å². The highest BCUT2D eigenvalue weighted by molar-refractivity contribution is 6.25. The molecule has 0 bridgehead atoms. The third-order valence-corrected chi connectivity index (χ3v) is 4.58. The third-order valence-electron chi connectivity index (χ3n) is 4.20. The van der Waals surface area contributed by atoms with Crippen molar-refractivity contribution in [2.45, 2.75) is 45.2 Å². The molecule has 0 amide bonds. The van der Waals surface area contributed by atoms with E-state index in [2.05, 4.69) is 54.4 Å². The van der Waals surface area contributed by atoms with Crippen molar-refractivity contribution in [2.24, 2.45) is 0 Å². The first-order chi connectivity index (χ1) is 10.2. The summed E-state index contributed by atoms with van der Waals surface area (Å²) in [5.74, 6) is 0. The highest BCUT2D eigenvalue weighted by Crippen LogP contribution is 2.17. The Morgan fingerprint density at radius 3 is 2.81 bits per heavy atom. The summed E-state index contributed by atoms with van der Waals surface area (Å²) in [5.41, 5.74) is 4.37. The highest BCUT2D eigenvalue weighted by Gasteiger charge is 2.27. The van der Waals surface area contributed by atoms with Crippen molar-refractivity contribution in [3.63, 3.8) is 0 Å². The summed E-state index contributed by atoms with van der Waals surface area (Å²) in [6.07, 6.45) is 3.58. The van der Waals surface area contributed by atoms with Gasteiger partial charge in [-0.05, 0) is 30.9 Å². The maximum atomic E-state index is 5.87. The number of nitrogens with zero attached hydrogens (tertiary/aromatic N) is 1. The van der Waals surface area contributed by atoms with Crippen LogP contribution in [0.1, 0.15) is 32.3 Å². The van der Waals surface area contributed by atoms with E-state index in [1.165, 1.54) is 24.0 Å². The molecule has 21 heavy (non-hydrogen) atoms. The van der Waals surface area contributed by atoms with Crippen LogP contribution in [0.3, 0.4) is 0 Å². The van der Waals surface area contributed by atoms with Gasteiger partial charge < -0.3 is 5.32 Å². The minimum Gasteiger partial charge on any atom is -0.311 e. The molecule has 3 heteroatoms. The van der Waals surface area contributed by atoms with E-state index in [1.807, 2.05) is 0 Å².